The first-order valence-corrected chi connectivity index (χ1v) is 6.37. The monoisotopic (exact) mass is 272 g/mol. The number of ketones is 1. The van der Waals surface area contributed by atoms with Crippen LogP contribution in [0.15, 0.2) is 42.5 Å². The molecule has 0 saturated carbocycles. The highest BCUT2D eigenvalue weighted by Gasteiger charge is 2.12. The van der Waals surface area contributed by atoms with Gasteiger partial charge in [0.25, 0.3) is 0 Å². The number of ether oxygens (including phenoxy) is 1. The van der Waals surface area contributed by atoms with Crippen LogP contribution in [-0.2, 0) is 6.42 Å². The van der Waals surface area contributed by atoms with Crippen LogP contribution in [0, 0.1) is 0 Å². The van der Waals surface area contributed by atoms with E-state index in [2.05, 4.69) is 0 Å². The van der Waals surface area contributed by atoms with Gasteiger partial charge in [-0.05, 0) is 36.8 Å². The standard InChI is InChI=1S/C16H16O4/c1-2-20-13-6-3-11(4-7-13)9-15(18)14-8-5-12(17)10-16(14)19/h3-8,10,17,19H,2,9H2,1H3. The minimum Gasteiger partial charge on any atom is -0.508 e. The zero-order valence-electron chi connectivity index (χ0n) is 11.2. The molecule has 2 rings (SSSR count). The van der Waals surface area contributed by atoms with Crippen LogP contribution in [0.5, 0.6) is 17.2 Å². The Morgan fingerprint density at radius 1 is 1.10 bits per heavy atom. The summed E-state index contributed by atoms with van der Waals surface area (Å²) in [5.74, 6) is 0.281. The van der Waals surface area contributed by atoms with Crippen molar-refractivity contribution in [3.63, 3.8) is 0 Å². The molecular weight excluding hydrogens is 256 g/mol. The molecule has 4 heteroatoms. The summed E-state index contributed by atoms with van der Waals surface area (Å²) in [6.07, 6.45) is 0.185. The van der Waals surface area contributed by atoms with Crippen molar-refractivity contribution in [2.45, 2.75) is 13.3 Å². The van der Waals surface area contributed by atoms with Gasteiger partial charge in [0.1, 0.15) is 17.2 Å². The molecule has 0 aromatic heterocycles. The van der Waals surface area contributed by atoms with E-state index in [0.717, 1.165) is 17.4 Å². The van der Waals surface area contributed by atoms with Gasteiger partial charge in [-0.15, -0.1) is 0 Å². The van der Waals surface area contributed by atoms with Crippen LogP contribution < -0.4 is 4.74 Å². The zero-order chi connectivity index (χ0) is 14.5. The van der Waals surface area contributed by atoms with Crippen molar-refractivity contribution in [3.05, 3.63) is 53.6 Å². The number of benzene rings is 2. The molecule has 104 valence electrons. The third-order valence-corrected chi connectivity index (χ3v) is 2.88. The van der Waals surface area contributed by atoms with E-state index in [4.69, 9.17) is 4.74 Å². The van der Waals surface area contributed by atoms with Crippen LogP contribution in [0.1, 0.15) is 22.8 Å². The van der Waals surface area contributed by atoms with E-state index in [1.807, 2.05) is 31.2 Å². The summed E-state index contributed by atoms with van der Waals surface area (Å²) in [4.78, 5) is 12.1. The highest BCUT2D eigenvalue weighted by molar-refractivity contribution is 6.00. The van der Waals surface area contributed by atoms with Crippen molar-refractivity contribution < 1.29 is 19.7 Å². The molecule has 0 aliphatic carbocycles. The summed E-state index contributed by atoms with van der Waals surface area (Å²) in [6.45, 7) is 2.50. The number of phenolic OH excluding ortho intramolecular Hbond substituents is 2. The first-order valence-electron chi connectivity index (χ1n) is 6.37. The molecule has 0 aliphatic rings. The minimum atomic E-state index is -0.207. The Balaban J connectivity index is 2.11. The maximum Gasteiger partial charge on any atom is 0.170 e. The van der Waals surface area contributed by atoms with Gasteiger partial charge in [-0.1, -0.05) is 12.1 Å². The van der Waals surface area contributed by atoms with Gasteiger partial charge in [0.05, 0.1) is 12.2 Å². The summed E-state index contributed by atoms with van der Waals surface area (Å²) < 4.78 is 5.33. The molecule has 20 heavy (non-hydrogen) atoms. The normalized spacial score (nSPS) is 10.2. The molecule has 2 aromatic rings. The van der Waals surface area contributed by atoms with Gasteiger partial charge >= 0.3 is 0 Å². The summed E-state index contributed by atoms with van der Waals surface area (Å²) in [5, 5.41) is 18.9. The van der Waals surface area contributed by atoms with Crippen LogP contribution in [-0.4, -0.2) is 22.6 Å². The van der Waals surface area contributed by atoms with Crippen molar-refractivity contribution in [1.29, 1.82) is 0 Å². The molecule has 0 spiro atoms. The quantitative estimate of drug-likeness (QED) is 0.821. The molecule has 0 radical (unpaired) electrons. The summed E-state index contributed by atoms with van der Waals surface area (Å²) in [6, 6.07) is 11.2. The second kappa shape index (κ2) is 6.10. The third-order valence-electron chi connectivity index (χ3n) is 2.88. The first-order chi connectivity index (χ1) is 9.60. The van der Waals surface area contributed by atoms with E-state index in [1.165, 1.54) is 12.1 Å². The van der Waals surface area contributed by atoms with Gasteiger partial charge in [-0.2, -0.15) is 0 Å². The van der Waals surface area contributed by atoms with Crippen molar-refractivity contribution in [2.24, 2.45) is 0 Å². The summed E-state index contributed by atoms with van der Waals surface area (Å²) in [5.41, 5.74) is 1.04. The Bertz CT molecular complexity index is 602. The fourth-order valence-electron chi connectivity index (χ4n) is 1.91. The predicted molar refractivity (Wildman–Crippen MR) is 75.4 cm³/mol. The number of carbonyl (C=O) groups excluding carboxylic acids is 1. The maximum atomic E-state index is 12.1. The lowest BCUT2D eigenvalue weighted by Crippen LogP contribution is -2.04. The van der Waals surface area contributed by atoms with Crippen molar-refractivity contribution in [3.8, 4) is 17.2 Å². The lowest BCUT2D eigenvalue weighted by atomic mass is 10.0. The van der Waals surface area contributed by atoms with E-state index in [9.17, 15) is 15.0 Å². The Labute approximate surface area is 117 Å². The van der Waals surface area contributed by atoms with Gasteiger partial charge in [0.2, 0.25) is 0 Å². The van der Waals surface area contributed by atoms with Crippen molar-refractivity contribution in [1.82, 2.24) is 0 Å². The average molecular weight is 272 g/mol. The first kappa shape index (κ1) is 13.9. The molecule has 2 N–H and O–H groups in total. The van der Waals surface area contributed by atoms with Crippen LogP contribution in [0.3, 0.4) is 0 Å². The molecule has 0 amide bonds. The molecule has 0 fully saturated rings. The van der Waals surface area contributed by atoms with Gasteiger partial charge in [0, 0.05) is 12.5 Å². The highest BCUT2D eigenvalue weighted by Crippen LogP contribution is 2.24. The van der Waals surface area contributed by atoms with Crippen molar-refractivity contribution >= 4 is 5.78 Å². The van der Waals surface area contributed by atoms with Gasteiger partial charge in [-0.25, -0.2) is 0 Å². The number of hydrogen-bond acceptors (Lipinski definition) is 4. The van der Waals surface area contributed by atoms with Crippen LogP contribution >= 0.6 is 0 Å². The van der Waals surface area contributed by atoms with Crippen LogP contribution in [0.25, 0.3) is 0 Å². The summed E-state index contributed by atoms with van der Waals surface area (Å²) >= 11 is 0. The van der Waals surface area contributed by atoms with Gasteiger partial charge < -0.3 is 14.9 Å². The highest BCUT2D eigenvalue weighted by atomic mass is 16.5. The van der Waals surface area contributed by atoms with E-state index in [1.54, 1.807) is 0 Å². The Kier molecular flexibility index (Phi) is 4.25. The molecule has 0 unspecified atom stereocenters. The van der Waals surface area contributed by atoms with Crippen LogP contribution in [0.2, 0.25) is 0 Å². The number of phenols is 2. The zero-order valence-corrected chi connectivity index (χ0v) is 11.2. The minimum absolute atomic E-state index is 0.0693. The Morgan fingerprint density at radius 3 is 2.40 bits per heavy atom. The number of rotatable bonds is 5. The second-order valence-corrected chi connectivity index (χ2v) is 4.38. The number of aromatic hydroxyl groups is 2. The molecule has 0 aliphatic heterocycles. The molecule has 2 aromatic carbocycles. The molecular formula is C16H16O4. The Hall–Kier alpha value is -2.49. The average Bonchev–Trinajstić information content (AvgIpc) is 2.41. The summed E-state index contributed by atoms with van der Waals surface area (Å²) in [7, 11) is 0. The van der Waals surface area contributed by atoms with Crippen LogP contribution in [0.4, 0.5) is 0 Å². The maximum absolute atomic E-state index is 12.1. The second-order valence-electron chi connectivity index (χ2n) is 4.38. The SMILES string of the molecule is CCOc1ccc(CC(=O)c2ccc(O)cc2O)cc1. The molecule has 0 atom stereocenters. The molecule has 0 heterocycles. The number of Topliss-reactive ketones (excluding diaryl/α,β-unsaturated/α-hetero) is 1. The van der Waals surface area contributed by atoms with E-state index in [-0.39, 0.29) is 29.3 Å². The largest absolute Gasteiger partial charge is 0.508 e. The molecule has 0 bridgehead atoms. The lowest BCUT2D eigenvalue weighted by Gasteiger charge is -2.06. The smallest absolute Gasteiger partial charge is 0.170 e. The Morgan fingerprint density at radius 2 is 1.80 bits per heavy atom. The number of carbonyl (C=O) groups is 1. The van der Waals surface area contributed by atoms with E-state index >= 15 is 0 Å². The lowest BCUT2D eigenvalue weighted by molar-refractivity contribution is 0.0990. The topological polar surface area (TPSA) is 66.8 Å². The fraction of sp³-hybridized carbons (Fsp3) is 0.188. The predicted octanol–water partition coefficient (Wildman–Crippen LogP) is 2.92. The van der Waals surface area contributed by atoms with Gasteiger partial charge in [-0.3, -0.25) is 4.79 Å². The molecule has 4 nitrogen and oxygen atoms in total. The van der Waals surface area contributed by atoms with E-state index in [0.29, 0.717) is 6.61 Å². The third kappa shape index (κ3) is 3.29. The van der Waals surface area contributed by atoms with Gasteiger partial charge in [0.15, 0.2) is 5.78 Å². The van der Waals surface area contributed by atoms with Crippen molar-refractivity contribution in [2.75, 3.05) is 6.61 Å². The number of hydrogen-bond donors (Lipinski definition) is 2. The fourth-order valence-corrected chi connectivity index (χ4v) is 1.91. The van der Waals surface area contributed by atoms with E-state index < -0.39 is 0 Å². The molecule has 0 saturated heterocycles.